The van der Waals surface area contributed by atoms with Gasteiger partial charge in [0, 0.05) is 44.2 Å². The zero-order chi connectivity index (χ0) is 16.4. The first-order chi connectivity index (χ1) is 11.8. The van der Waals surface area contributed by atoms with Gasteiger partial charge in [0.2, 0.25) is 0 Å². The summed E-state index contributed by atoms with van der Waals surface area (Å²) in [7, 11) is 1.75. The molecule has 4 heterocycles. The Bertz CT molecular complexity index is 771. The number of H-pyrrole nitrogens is 1. The molecular weight excluding hydrogens is 306 g/mol. The van der Waals surface area contributed by atoms with Crippen molar-refractivity contribution in [3.63, 3.8) is 0 Å². The van der Waals surface area contributed by atoms with Gasteiger partial charge in [-0.1, -0.05) is 5.16 Å². The Morgan fingerprint density at radius 3 is 3.08 bits per heavy atom. The normalized spacial score (nSPS) is 21.4. The van der Waals surface area contributed by atoms with Crippen molar-refractivity contribution < 1.29 is 9.26 Å². The van der Waals surface area contributed by atoms with Crippen molar-refractivity contribution in [3.05, 3.63) is 54.6 Å². The lowest BCUT2D eigenvalue weighted by molar-refractivity contribution is 0.107. The minimum absolute atomic E-state index is 0.164. The molecule has 3 aromatic heterocycles. The van der Waals surface area contributed by atoms with E-state index in [-0.39, 0.29) is 12.1 Å². The number of pyridine rings is 1. The highest BCUT2D eigenvalue weighted by Gasteiger charge is 2.35. The number of aromatic nitrogens is 4. The number of hydrogen-bond donors (Lipinski definition) is 1. The Hall–Kier alpha value is -2.51. The molecule has 0 unspecified atom stereocenters. The average Bonchev–Trinajstić information content (AvgIpc) is 3.36. The molecule has 7 nitrogen and oxygen atoms in total. The predicted molar refractivity (Wildman–Crippen MR) is 86.9 cm³/mol. The highest BCUT2D eigenvalue weighted by Crippen LogP contribution is 2.33. The van der Waals surface area contributed by atoms with E-state index in [1.165, 1.54) is 0 Å². The molecule has 3 aromatic rings. The Labute approximate surface area is 139 Å². The smallest absolute Gasteiger partial charge is 0.124 e. The molecule has 0 aliphatic carbocycles. The van der Waals surface area contributed by atoms with E-state index in [1.54, 1.807) is 19.6 Å². The van der Waals surface area contributed by atoms with Crippen molar-refractivity contribution in [2.75, 3.05) is 13.7 Å². The van der Waals surface area contributed by atoms with Crippen LogP contribution < -0.4 is 0 Å². The number of nitrogens with one attached hydrogen (secondary N) is 1. The third-order valence-corrected chi connectivity index (χ3v) is 4.44. The van der Waals surface area contributed by atoms with E-state index in [1.807, 2.05) is 30.6 Å². The summed E-state index contributed by atoms with van der Waals surface area (Å²) in [5.41, 5.74) is 2.91. The van der Waals surface area contributed by atoms with Gasteiger partial charge in [-0.05, 0) is 18.6 Å². The quantitative estimate of drug-likeness (QED) is 0.776. The first-order valence-electron chi connectivity index (χ1n) is 7.95. The second kappa shape index (κ2) is 6.54. The molecule has 1 aliphatic heterocycles. The number of likely N-dealkylation sites (tertiary alicyclic amines) is 1. The maximum atomic E-state index is 5.57. The van der Waals surface area contributed by atoms with Crippen LogP contribution in [0.5, 0.6) is 0 Å². The highest BCUT2D eigenvalue weighted by atomic mass is 16.5. The van der Waals surface area contributed by atoms with Gasteiger partial charge in [0.05, 0.1) is 29.7 Å². The molecule has 1 fully saturated rings. The number of ether oxygens (including phenoxy) is 1. The molecule has 0 bridgehead atoms. The van der Waals surface area contributed by atoms with Gasteiger partial charge in [0.1, 0.15) is 12.1 Å². The topological polar surface area (TPSA) is 80.1 Å². The Morgan fingerprint density at radius 1 is 1.38 bits per heavy atom. The van der Waals surface area contributed by atoms with Gasteiger partial charge in [-0.15, -0.1) is 0 Å². The zero-order valence-electron chi connectivity index (χ0n) is 13.4. The molecule has 2 atom stereocenters. The molecule has 24 heavy (non-hydrogen) atoms. The van der Waals surface area contributed by atoms with Crippen molar-refractivity contribution >= 4 is 0 Å². The largest absolute Gasteiger partial charge is 0.380 e. The molecule has 0 aromatic carbocycles. The van der Waals surface area contributed by atoms with E-state index in [2.05, 4.69) is 25.0 Å². The number of methoxy groups -OCH3 is 1. The molecule has 7 heteroatoms. The van der Waals surface area contributed by atoms with Crippen molar-refractivity contribution in [3.8, 4) is 11.3 Å². The van der Waals surface area contributed by atoms with E-state index < -0.39 is 0 Å². The zero-order valence-corrected chi connectivity index (χ0v) is 13.4. The second-order valence-corrected chi connectivity index (χ2v) is 5.95. The van der Waals surface area contributed by atoms with Crippen LogP contribution >= 0.6 is 0 Å². The number of nitrogens with zero attached hydrogens (tertiary/aromatic N) is 4. The van der Waals surface area contributed by atoms with Gasteiger partial charge in [-0.25, -0.2) is 4.98 Å². The summed E-state index contributed by atoms with van der Waals surface area (Å²) in [5, 5.41) is 4.02. The first-order valence-corrected chi connectivity index (χ1v) is 7.95. The summed E-state index contributed by atoms with van der Waals surface area (Å²) in [6.45, 7) is 1.56. The van der Waals surface area contributed by atoms with Gasteiger partial charge >= 0.3 is 0 Å². The fourth-order valence-electron chi connectivity index (χ4n) is 3.19. The van der Waals surface area contributed by atoms with E-state index in [0.717, 1.165) is 35.7 Å². The van der Waals surface area contributed by atoms with Gasteiger partial charge < -0.3 is 14.2 Å². The fraction of sp³-hybridized carbons (Fsp3) is 0.353. The van der Waals surface area contributed by atoms with E-state index in [0.29, 0.717) is 6.54 Å². The van der Waals surface area contributed by atoms with Crippen molar-refractivity contribution in [2.24, 2.45) is 0 Å². The van der Waals surface area contributed by atoms with Crippen LogP contribution in [0.4, 0.5) is 0 Å². The molecule has 0 saturated carbocycles. The fourth-order valence-corrected chi connectivity index (χ4v) is 3.19. The van der Waals surface area contributed by atoms with Gasteiger partial charge in [-0.3, -0.25) is 9.88 Å². The van der Waals surface area contributed by atoms with Crippen LogP contribution in [0.2, 0.25) is 0 Å². The van der Waals surface area contributed by atoms with Crippen LogP contribution in [0.25, 0.3) is 11.3 Å². The third-order valence-electron chi connectivity index (χ3n) is 4.44. The standard InChI is InChI=1S/C17H19N5O2/c1-23-14-7-16(22(11-14)10-13-4-6-24-21-13)17-19-9-15(20-17)12-3-2-5-18-8-12/h2-6,8-9,14,16H,7,10-11H2,1H3,(H,19,20)/t14-,16+/m1/s1. The first kappa shape index (κ1) is 15.0. The lowest BCUT2D eigenvalue weighted by atomic mass is 10.2. The minimum Gasteiger partial charge on any atom is -0.380 e. The summed E-state index contributed by atoms with van der Waals surface area (Å²) in [5.74, 6) is 0.942. The van der Waals surface area contributed by atoms with E-state index in [9.17, 15) is 0 Å². The SMILES string of the molecule is CO[C@@H]1C[C@@H](c2ncc(-c3cccnc3)[nH]2)N(Cc2ccon2)C1. The lowest BCUT2D eigenvalue weighted by Crippen LogP contribution is -2.25. The van der Waals surface area contributed by atoms with Crippen LogP contribution in [-0.2, 0) is 11.3 Å². The molecule has 124 valence electrons. The minimum atomic E-state index is 0.164. The van der Waals surface area contributed by atoms with Crippen LogP contribution in [0.1, 0.15) is 24.0 Å². The van der Waals surface area contributed by atoms with Crippen molar-refractivity contribution in [1.29, 1.82) is 0 Å². The molecular formula is C17H19N5O2. The van der Waals surface area contributed by atoms with Crippen molar-refractivity contribution in [1.82, 2.24) is 25.0 Å². The Balaban J connectivity index is 1.57. The van der Waals surface area contributed by atoms with Gasteiger partial charge in [0.25, 0.3) is 0 Å². The molecule has 1 aliphatic rings. The predicted octanol–water partition coefficient (Wildman–Crippen LogP) is 2.42. The number of imidazole rings is 1. The highest BCUT2D eigenvalue weighted by molar-refractivity contribution is 5.56. The Morgan fingerprint density at radius 2 is 2.33 bits per heavy atom. The summed E-state index contributed by atoms with van der Waals surface area (Å²) in [6.07, 6.45) is 8.14. The van der Waals surface area contributed by atoms with Crippen LogP contribution in [0.15, 0.2) is 47.6 Å². The monoisotopic (exact) mass is 325 g/mol. The molecule has 4 rings (SSSR count). The maximum Gasteiger partial charge on any atom is 0.124 e. The van der Waals surface area contributed by atoms with Crippen LogP contribution in [-0.4, -0.2) is 44.8 Å². The number of rotatable bonds is 5. The third kappa shape index (κ3) is 2.95. The summed E-state index contributed by atoms with van der Waals surface area (Å²) < 4.78 is 10.5. The average molecular weight is 325 g/mol. The summed E-state index contributed by atoms with van der Waals surface area (Å²) in [4.78, 5) is 14.5. The van der Waals surface area contributed by atoms with Crippen LogP contribution in [0.3, 0.4) is 0 Å². The molecule has 0 spiro atoms. The second-order valence-electron chi connectivity index (χ2n) is 5.95. The van der Waals surface area contributed by atoms with E-state index in [4.69, 9.17) is 9.26 Å². The molecule has 1 N–H and O–H groups in total. The van der Waals surface area contributed by atoms with Crippen molar-refractivity contribution in [2.45, 2.75) is 25.1 Å². The Kier molecular flexibility index (Phi) is 4.10. The van der Waals surface area contributed by atoms with Crippen LogP contribution in [0, 0.1) is 0 Å². The number of hydrogen-bond acceptors (Lipinski definition) is 6. The molecule has 0 amide bonds. The van der Waals surface area contributed by atoms with Gasteiger partial charge in [0.15, 0.2) is 0 Å². The summed E-state index contributed by atoms with van der Waals surface area (Å²) in [6, 6.07) is 5.99. The molecule has 0 radical (unpaired) electrons. The lowest BCUT2D eigenvalue weighted by Gasteiger charge is -2.21. The maximum absolute atomic E-state index is 5.57. The van der Waals surface area contributed by atoms with E-state index >= 15 is 0 Å². The number of aromatic amines is 1. The molecule has 1 saturated heterocycles. The van der Waals surface area contributed by atoms with Gasteiger partial charge in [-0.2, -0.15) is 0 Å². The summed E-state index contributed by atoms with van der Waals surface area (Å²) >= 11 is 0.